The Kier molecular flexibility index (Phi) is 5.84. The van der Waals surface area contributed by atoms with E-state index in [1.807, 2.05) is 0 Å². The van der Waals surface area contributed by atoms with Crippen LogP contribution in [0.15, 0.2) is 42.5 Å². The number of aromatic hydroxyl groups is 1. The van der Waals surface area contributed by atoms with Crippen molar-refractivity contribution in [3.63, 3.8) is 0 Å². The molecule has 0 spiro atoms. The summed E-state index contributed by atoms with van der Waals surface area (Å²) in [5.41, 5.74) is 1.33. The summed E-state index contributed by atoms with van der Waals surface area (Å²) in [6.45, 7) is 0.304. The van der Waals surface area contributed by atoms with E-state index in [0.717, 1.165) is 5.56 Å². The van der Waals surface area contributed by atoms with Gasteiger partial charge in [-0.1, -0.05) is 35.3 Å². The molecule has 0 bridgehead atoms. The van der Waals surface area contributed by atoms with Crippen LogP contribution in [0, 0.1) is 0 Å². The number of anilines is 1. The van der Waals surface area contributed by atoms with E-state index in [4.69, 9.17) is 23.2 Å². The molecule has 0 aliphatic carbocycles. The standard InChI is InChI=1S/C16H14Cl2N2O3/c17-13-6-3-11(9-14(13)18)20-16(23)15(22)19-8-7-10-1-4-12(21)5-2-10/h1-6,9,21H,7-8H2,(H,19,22)(H,20,23). The summed E-state index contributed by atoms with van der Waals surface area (Å²) >= 11 is 11.6. The van der Waals surface area contributed by atoms with Gasteiger partial charge >= 0.3 is 11.8 Å². The minimum Gasteiger partial charge on any atom is -0.508 e. The summed E-state index contributed by atoms with van der Waals surface area (Å²) in [6, 6.07) is 11.2. The molecule has 5 nitrogen and oxygen atoms in total. The minimum absolute atomic E-state index is 0.179. The Morgan fingerprint density at radius 3 is 2.30 bits per heavy atom. The third-order valence-electron chi connectivity index (χ3n) is 3.02. The maximum Gasteiger partial charge on any atom is 0.313 e. The molecule has 0 unspecified atom stereocenters. The van der Waals surface area contributed by atoms with Crippen LogP contribution in [-0.2, 0) is 16.0 Å². The molecule has 0 saturated heterocycles. The van der Waals surface area contributed by atoms with Crippen LogP contribution in [0.3, 0.4) is 0 Å². The first-order valence-electron chi connectivity index (χ1n) is 6.78. The summed E-state index contributed by atoms with van der Waals surface area (Å²) in [5.74, 6) is -1.34. The number of benzene rings is 2. The number of carbonyl (C=O) groups excluding carboxylic acids is 2. The SMILES string of the molecule is O=C(NCCc1ccc(O)cc1)C(=O)Nc1ccc(Cl)c(Cl)c1. The highest BCUT2D eigenvalue weighted by Gasteiger charge is 2.13. The number of nitrogens with one attached hydrogen (secondary N) is 2. The predicted molar refractivity (Wildman–Crippen MR) is 89.9 cm³/mol. The molecule has 2 amide bonds. The molecule has 2 aromatic rings. The second-order valence-electron chi connectivity index (χ2n) is 4.76. The zero-order chi connectivity index (χ0) is 16.8. The molecule has 0 saturated carbocycles. The highest BCUT2D eigenvalue weighted by molar-refractivity contribution is 6.42. The first kappa shape index (κ1) is 17.1. The van der Waals surface area contributed by atoms with Gasteiger partial charge < -0.3 is 15.7 Å². The summed E-state index contributed by atoms with van der Waals surface area (Å²) in [7, 11) is 0. The van der Waals surface area contributed by atoms with Gasteiger partial charge in [-0.15, -0.1) is 0 Å². The number of amides is 2. The van der Waals surface area contributed by atoms with Crippen molar-refractivity contribution >= 4 is 40.7 Å². The van der Waals surface area contributed by atoms with Crippen LogP contribution >= 0.6 is 23.2 Å². The lowest BCUT2D eigenvalue weighted by atomic mass is 10.1. The Morgan fingerprint density at radius 1 is 0.957 bits per heavy atom. The Morgan fingerprint density at radius 2 is 1.65 bits per heavy atom. The zero-order valence-corrected chi connectivity index (χ0v) is 13.5. The second kappa shape index (κ2) is 7.85. The van der Waals surface area contributed by atoms with Crippen molar-refractivity contribution in [2.24, 2.45) is 0 Å². The van der Waals surface area contributed by atoms with Crippen molar-refractivity contribution in [3.05, 3.63) is 58.1 Å². The second-order valence-corrected chi connectivity index (χ2v) is 5.57. The Bertz CT molecular complexity index is 718. The van der Waals surface area contributed by atoms with Gasteiger partial charge in [0.2, 0.25) is 0 Å². The molecule has 120 valence electrons. The molecule has 0 heterocycles. The molecule has 2 aromatic carbocycles. The molecular weight excluding hydrogens is 339 g/mol. The van der Waals surface area contributed by atoms with Crippen molar-refractivity contribution in [1.82, 2.24) is 5.32 Å². The fourth-order valence-electron chi connectivity index (χ4n) is 1.83. The number of carbonyl (C=O) groups is 2. The first-order valence-corrected chi connectivity index (χ1v) is 7.53. The van der Waals surface area contributed by atoms with Crippen molar-refractivity contribution in [1.29, 1.82) is 0 Å². The predicted octanol–water partition coefficient (Wildman–Crippen LogP) is 3.00. The molecule has 0 fully saturated rings. The average Bonchev–Trinajstić information content (AvgIpc) is 2.52. The van der Waals surface area contributed by atoms with E-state index in [1.54, 1.807) is 30.3 Å². The summed E-state index contributed by atoms with van der Waals surface area (Å²) < 4.78 is 0. The van der Waals surface area contributed by atoms with Crippen LogP contribution in [-0.4, -0.2) is 23.5 Å². The van der Waals surface area contributed by atoms with Crippen LogP contribution in [0.25, 0.3) is 0 Å². The van der Waals surface area contributed by atoms with E-state index in [-0.39, 0.29) is 10.8 Å². The molecule has 0 aliphatic heterocycles. The molecule has 0 aliphatic rings. The van der Waals surface area contributed by atoms with E-state index in [1.165, 1.54) is 12.1 Å². The Hall–Kier alpha value is -2.24. The molecule has 3 N–H and O–H groups in total. The monoisotopic (exact) mass is 352 g/mol. The first-order chi connectivity index (χ1) is 11.0. The van der Waals surface area contributed by atoms with Crippen molar-refractivity contribution in [3.8, 4) is 5.75 Å². The van der Waals surface area contributed by atoms with E-state index in [0.29, 0.717) is 23.7 Å². The van der Waals surface area contributed by atoms with Gasteiger partial charge in [0.1, 0.15) is 5.75 Å². The summed E-state index contributed by atoms with van der Waals surface area (Å²) in [5, 5.41) is 14.8. The number of phenols is 1. The fraction of sp³-hybridized carbons (Fsp3) is 0.125. The quantitative estimate of drug-likeness (QED) is 0.740. The third-order valence-corrected chi connectivity index (χ3v) is 3.76. The lowest BCUT2D eigenvalue weighted by Crippen LogP contribution is -2.36. The third kappa shape index (κ3) is 5.16. The van der Waals surface area contributed by atoms with E-state index in [2.05, 4.69) is 10.6 Å². The van der Waals surface area contributed by atoms with Crippen molar-refractivity contribution in [2.75, 3.05) is 11.9 Å². The smallest absolute Gasteiger partial charge is 0.313 e. The molecule has 7 heteroatoms. The van der Waals surface area contributed by atoms with Crippen LogP contribution in [0.1, 0.15) is 5.56 Å². The van der Waals surface area contributed by atoms with Gasteiger partial charge in [-0.3, -0.25) is 9.59 Å². The Balaban J connectivity index is 1.81. The van der Waals surface area contributed by atoms with Crippen LogP contribution in [0.4, 0.5) is 5.69 Å². The van der Waals surface area contributed by atoms with E-state index < -0.39 is 11.8 Å². The average molecular weight is 353 g/mol. The van der Waals surface area contributed by atoms with Gasteiger partial charge in [-0.2, -0.15) is 0 Å². The fourth-order valence-corrected chi connectivity index (χ4v) is 2.12. The number of phenolic OH excluding ortho intramolecular Hbond substituents is 1. The molecule has 0 atom stereocenters. The van der Waals surface area contributed by atoms with Gasteiger partial charge in [-0.25, -0.2) is 0 Å². The maximum atomic E-state index is 11.8. The minimum atomic E-state index is -0.783. The van der Waals surface area contributed by atoms with Crippen LogP contribution < -0.4 is 10.6 Å². The molecule has 0 aromatic heterocycles. The van der Waals surface area contributed by atoms with Crippen LogP contribution in [0.2, 0.25) is 10.0 Å². The molecule has 23 heavy (non-hydrogen) atoms. The maximum absolute atomic E-state index is 11.8. The van der Waals surface area contributed by atoms with Crippen molar-refractivity contribution < 1.29 is 14.7 Å². The Labute approximate surface area is 143 Å². The normalized spacial score (nSPS) is 10.2. The largest absolute Gasteiger partial charge is 0.508 e. The summed E-state index contributed by atoms with van der Waals surface area (Å²) in [4.78, 5) is 23.5. The van der Waals surface area contributed by atoms with Crippen LogP contribution in [0.5, 0.6) is 5.75 Å². The number of rotatable bonds is 4. The molecule has 2 rings (SSSR count). The highest BCUT2D eigenvalue weighted by atomic mass is 35.5. The lowest BCUT2D eigenvalue weighted by Gasteiger charge is -2.07. The summed E-state index contributed by atoms with van der Waals surface area (Å²) in [6.07, 6.45) is 0.548. The van der Waals surface area contributed by atoms with Gasteiger partial charge in [0.15, 0.2) is 0 Å². The van der Waals surface area contributed by atoms with Gasteiger partial charge in [0, 0.05) is 12.2 Å². The van der Waals surface area contributed by atoms with Crippen molar-refractivity contribution in [2.45, 2.75) is 6.42 Å². The zero-order valence-electron chi connectivity index (χ0n) is 12.0. The van der Waals surface area contributed by atoms with E-state index >= 15 is 0 Å². The van der Waals surface area contributed by atoms with Gasteiger partial charge in [-0.05, 0) is 42.3 Å². The number of hydrogen-bond acceptors (Lipinski definition) is 3. The molecular formula is C16H14Cl2N2O3. The van der Waals surface area contributed by atoms with Gasteiger partial charge in [0.25, 0.3) is 0 Å². The lowest BCUT2D eigenvalue weighted by molar-refractivity contribution is -0.136. The van der Waals surface area contributed by atoms with Gasteiger partial charge in [0.05, 0.1) is 10.0 Å². The number of halogens is 2. The topological polar surface area (TPSA) is 78.4 Å². The molecule has 0 radical (unpaired) electrons. The van der Waals surface area contributed by atoms with E-state index in [9.17, 15) is 14.7 Å². The number of hydrogen-bond donors (Lipinski definition) is 3. The highest BCUT2D eigenvalue weighted by Crippen LogP contribution is 2.24.